The minimum Gasteiger partial charge on any atom is -0.487 e. The molecule has 2 aliphatic rings. The van der Waals surface area contributed by atoms with Gasteiger partial charge in [-0.3, -0.25) is 9.52 Å². The van der Waals surface area contributed by atoms with Crippen molar-refractivity contribution in [3.8, 4) is 16.9 Å². The topological polar surface area (TPSA) is 132 Å². The molecule has 1 fully saturated rings. The average molecular weight is 706 g/mol. The van der Waals surface area contributed by atoms with Crippen molar-refractivity contribution in [1.82, 2.24) is 14.9 Å². The Hall–Kier alpha value is -4.18. The molecule has 254 valence electrons. The van der Waals surface area contributed by atoms with E-state index >= 15 is 13.2 Å². The fourth-order valence-electron chi connectivity index (χ4n) is 5.84. The molecule has 1 aromatic heterocycles. The molecule has 48 heavy (non-hydrogen) atoms. The van der Waals surface area contributed by atoms with Gasteiger partial charge in [-0.25, -0.2) is 31.6 Å². The van der Waals surface area contributed by atoms with E-state index in [-0.39, 0.29) is 51.4 Å². The zero-order valence-corrected chi connectivity index (χ0v) is 27.4. The molecule has 0 radical (unpaired) electrons. The number of halogens is 4. The highest BCUT2D eigenvalue weighted by atomic mass is 35.5. The van der Waals surface area contributed by atoms with Crippen molar-refractivity contribution in [3.63, 3.8) is 0 Å². The Morgan fingerprint density at radius 3 is 2.62 bits per heavy atom. The molecule has 2 aliphatic heterocycles. The summed E-state index contributed by atoms with van der Waals surface area (Å²) in [5.41, 5.74) is -1.30. The second kappa shape index (κ2) is 13.7. The van der Waals surface area contributed by atoms with Gasteiger partial charge in [0.05, 0.1) is 17.9 Å². The van der Waals surface area contributed by atoms with Crippen LogP contribution in [0, 0.1) is 17.5 Å². The van der Waals surface area contributed by atoms with E-state index in [9.17, 15) is 13.2 Å². The number of fused-ring (bicyclic) bond motifs is 2. The van der Waals surface area contributed by atoms with Crippen molar-refractivity contribution >= 4 is 50.1 Å². The van der Waals surface area contributed by atoms with Gasteiger partial charge in [-0.1, -0.05) is 11.6 Å². The number of aromatic nitrogens is 2. The third-order valence-corrected chi connectivity index (χ3v) is 9.75. The van der Waals surface area contributed by atoms with E-state index in [1.165, 1.54) is 25.3 Å². The Morgan fingerprint density at radius 1 is 1.12 bits per heavy atom. The lowest BCUT2D eigenvalue weighted by atomic mass is 10.0. The predicted octanol–water partition coefficient (Wildman–Crippen LogP) is 5.69. The number of likely N-dealkylation sites (tertiary alicyclic amines) is 1. The van der Waals surface area contributed by atoms with Gasteiger partial charge in [0.25, 0.3) is 10.0 Å². The normalized spacial score (nSPS) is 16.8. The first-order valence-electron chi connectivity index (χ1n) is 15.0. The molecule has 3 heterocycles. The first kappa shape index (κ1) is 33.7. The molecule has 6 rings (SSSR count). The summed E-state index contributed by atoms with van der Waals surface area (Å²) in [5, 5.41) is 3.42. The van der Waals surface area contributed by atoms with Gasteiger partial charge in [0.2, 0.25) is 5.95 Å². The highest BCUT2D eigenvalue weighted by Crippen LogP contribution is 2.43. The first-order chi connectivity index (χ1) is 22.9. The number of benzene rings is 3. The molecule has 1 atom stereocenters. The fraction of sp³-hybridized carbons (Fsp3) is 0.344. The van der Waals surface area contributed by atoms with Crippen LogP contribution in [0.3, 0.4) is 0 Å². The summed E-state index contributed by atoms with van der Waals surface area (Å²) >= 11 is 6.17. The summed E-state index contributed by atoms with van der Waals surface area (Å²) in [6, 6.07) is 6.60. The lowest BCUT2D eigenvalue weighted by molar-refractivity contribution is -0.147. The van der Waals surface area contributed by atoms with Crippen molar-refractivity contribution in [2.24, 2.45) is 0 Å². The molecule has 0 saturated carbocycles. The van der Waals surface area contributed by atoms with Crippen molar-refractivity contribution in [1.29, 1.82) is 0 Å². The highest BCUT2D eigenvalue weighted by Gasteiger charge is 2.34. The van der Waals surface area contributed by atoms with E-state index in [1.54, 1.807) is 7.11 Å². The zero-order valence-electron chi connectivity index (χ0n) is 25.9. The van der Waals surface area contributed by atoms with Crippen molar-refractivity contribution in [3.05, 3.63) is 70.6 Å². The number of sulfonamides is 1. The maximum atomic E-state index is 15.9. The average Bonchev–Trinajstić information content (AvgIpc) is 3.43. The summed E-state index contributed by atoms with van der Waals surface area (Å²) in [6.45, 7) is 4.26. The molecule has 0 unspecified atom stereocenters. The standard InChI is InChI=1S/C32H31ClF3N5O6S/c1-17(42)47-26-16-46-31-22(26)13-20(33)14-27(31)48(43,44)40-25-4-3-23(34)28(29(25)36)18-11-19-15-37-32(39-30(19)24(35)12-18)38-21-5-7-41(8-6-21)9-10-45-2/h3-4,11-15,21,26,40H,5-10,16H2,1-2H3,(H,37,38,39)/t26-/m0/s1. The molecule has 1 saturated heterocycles. The largest absolute Gasteiger partial charge is 0.487 e. The summed E-state index contributed by atoms with van der Waals surface area (Å²) in [7, 11) is -2.92. The molecular weight excluding hydrogens is 675 g/mol. The van der Waals surface area contributed by atoms with Crippen LogP contribution >= 0.6 is 11.6 Å². The molecule has 16 heteroatoms. The van der Waals surface area contributed by atoms with Gasteiger partial charge < -0.3 is 24.4 Å². The summed E-state index contributed by atoms with van der Waals surface area (Å²) < 4.78 is 91.4. The predicted molar refractivity (Wildman–Crippen MR) is 172 cm³/mol. The van der Waals surface area contributed by atoms with Gasteiger partial charge in [0.15, 0.2) is 11.9 Å². The molecular formula is C32H31ClF3N5O6S. The maximum absolute atomic E-state index is 15.9. The van der Waals surface area contributed by atoms with Gasteiger partial charge in [-0.2, -0.15) is 0 Å². The Balaban J connectivity index is 1.25. The number of methoxy groups -OCH3 is 1. The van der Waals surface area contributed by atoms with Gasteiger partial charge in [-0.15, -0.1) is 0 Å². The Labute approximate surface area is 279 Å². The Bertz CT molecular complexity index is 2000. The van der Waals surface area contributed by atoms with E-state index in [1.807, 2.05) is 0 Å². The van der Waals surface area contributed by atoms with E-state index in [0.29, 0.717) is 6.61 Å². The summed E-state index contributed by atoms with van der Waals surface area (Å²) in [6.07, 6.45) is 2.14. The monoisotopic (exact) mass is 705 g/mol. The van der Waals surface area contributed by atoms with E-state index in [4.69, 9.17) is 25.8 Å². The van der Waals surface area contributed by atoms with Crippen molar-refractivity contribution in [2.45, 2.75) is 36.8 Å². The van der Waals surface area contributed by atoms with Crippen LogP contribution in [0.1, 0.15) is 31.4 Å². The van der Waals surface area contributed by atoms with Crippen LogP contribution in [0.15, 0.2) is 47.5 Å². The number of anilines is 2. The number of ether oxygens (including phenoxy) is 3. The van der Waals surface area contributed by atoms with Crippen LogP contribution in [0.4, 0.5) is 24.8 Å². The first-order valence-corrected chi connectivity index (χ1v) is 16.9. The Kier molecular flexibility index (Phi) is 9.65. The minimum atomic E-state index is -4.59. The SMILES string of the molecule is COCCN1CCC(Nc2ncc3cc(-c4c(F)ccc(NS(=O)(=O)c5cc(Cl)cc6c5OC[C@@H]6OC(C)=O)c4F)cc(F)c3n2)CC1. The number of hydrogen-bond donors (Lipinski definition) is 2. The van der Waals surface area contributed by atoms with Crippen LogP contribution in [0.2, 0.25) is 5.02 Å². The number of esters is 1. The van der Waals surface area contributed by atoms with E-state index in [2.05, 4.69) is 24.9 Å². The fourth-order valence-corrected chi connectivity index (χ4v) is 7.40. The number of carbonyl (C=O) groups is 1. The maximum Gasteiger partial charge on any atom is 0.303 e. The van der Waals surface area contributed by atoms with E-state index in [0.717, 1.165) is 56.7 Å². The van der Waals surface area contributed by atoms with Crippen LogP contribution in [-0.4, -0.2) is 75.3 Å². The quantitative estimate of drug-likeness (QED) is 0.199. The van der Waals surface area contributed by atoms with Gasteiger partial charge >= 0.3 is 5.97 Å². The molecule has 0 spiro atoms. The number of hydrogen-bond acceptors (Lipinski definition) is 10. The van der Waals surface area contributed by atoms with Gasteiger partial charge in [-0.05, 0) is 54.8 Å². The number of rotatable bonds is 10. The molecule has 3 aromatic carbocycles. The molecule has 4 aromatic rings. The van der Waals surface area contributed by atoms with Crippen LogP contribution in [-0.2, 0) is 24.3 Å². The van der Waals surface area contributed by atoms with Gasteiger partial charge in [0.1, 0.15) is 34.4 Å². The van der Waals surface area contributed by atoms with Crippen molar-refractivity contribution in [2.75, 3.05) is 50.0 Å². The van der Waals surface area contributed by atoms with E-state index < -0.39 is 55.7 Å². The van der Waals surface area contributed by atoms with Crippen molar-refractivity contribution < 1.29 is 40.6 Å². The molecule has 0 aliphatic carbocycles. The number of nitrogens with one attached hydrogen (secondary N) is 2. The Morgan fingerprint density at radius 2 is 1.90 bits per heavy atom. The number of piperidine rings is 1. The van der Waals surface area contributed by atoms with Crippen LogP contribution in [0.25, 0.3) is 22.0 Å². The summed E-state index contributed by atoms with van der Waals surface area (Å²) in [5.74, 6) is -3.69. The lowest BCUT2D eigenvalue weighted by Crippen LogP contribution is -2.40. The summed E-state index contributed by atoms with van der Waals surface area (Å²) in [4.78, 5) is 22.0. The lowest BCUT2D eigenvalue weighted by Gasteiger charge is -2.32. The molecule has 0 bridgehead atoms. The molecule has 11 nitrogen and oxygen atoms in total. The number of nitrogens with zero attached hydrogens (tertiary/aromatic N) is 3. The van der Waals surface area contributed by atoms with Gasteiger partial charge in [0, 0.05) is 61.9 Å². The highest BCUT2D eigenvalue weighted by molar-refractivity contribution is 7.92. The van der Waals surface area contributed by atoms with Crippen LogP contribution in [0.5, 0.6) is 5.75 Å². The second-order valence-electron chi connectivity index (χ2n) is 11.5. The third-order valence-electron chi connectivity index (χ3n) is 8.17. The zero-order chi connectivity index (χ0) is 34.2. The van der Waals surface area contributed by atoms with Crippen LogP contribution < -0.4 is 14.8 Å². The second-order valence-corrected chi connectivity index (χ2v) is 13.6. The molecule has 0 amide bonds. The molecule has 2 N–H and O–H groups in total. The number of carbonyl (C=O) groups excluding carboxylic acids is 1. The third kappa shape index (κ3) is 6.99. The minimum absolute atomic E-state index is 0.00686. The smallest absolute Gasteiger partial charge is 0.303 e.